The highest BCUT2D eigenvalue weighted by molar-refractivity contribution is 5.97. The van der Waals surface area contributed by atoms with E-state index in [0.29, 0.717) is 11.6 Å². The van der Waals surface area contributed by atoms with E-state index in [-0.39, 0.29) is 17.5 Å². The molecule has 1 aromatic carbocycles. The van der Waals surface area contributed by atoms with Crippen molar-refractivity contribution >= 4 is 17.3 Å². The van der Waals surface area contributed by atoms with Crippen LogP contribution in [0.5, 0.6) is 0 Å². The Morgan fingerprint density at radius 2 is 1.91 bits per heavy atom. The maximum absolute atomic E-state index is 12.9. The predicted octanol–water partition coefficient (Wildman–Crippen LogP) is 3.90. The number of rotatable bonds is 3. The van der Waals surface area contributed by atoms with Crippen LogP contribution in [0, 0.1) is 11.8 Å². The zero-order chi connectivity index (χ0) is 15.9. The number of anilines is 2. The lowest BCUT2D eigenvalue weighted by Gasteiger charge is -2.23. The number of benzene rings is 1. The lowest BCUT2D eigenvalue weighted by atomic mass is 10.1. The number of hydrogen-bond donors (Lipinski definition) is 1. The number of nitrogens with zero attached hydrogens (tertiary/aromatic N) is 1. The maximum Gasteiger partial charge on any atom is 0.416 e. The van der Waals surface area contributed by atoms with Crippen molar-refractivity contribution in [1.29, 1.82) is 0 Å². The molecule has 1 saturated heterocycles. The van der Waals surface area contributed by atoms with Gasteiger partial charge >= 0.3 is 6.18 Å². The van der Waals surface area contributed by atoms with Gasteiger partial charge in [0.05, 0.1) is 16.9 Å². The average Bonchev–Trinajstić information content (AvgIpc) is 2.97. The molecule has 0 bridgehead atoms. The zero-order valence-corrected chi connectivity index (χ0v) is 12.4. The number of halogens is 3. The Balaban J connectivity index is 1.89. The summed E-state index contributed by atoms with van der Waals surface area (Å²) < 4.78 is 38.8. The van der Waals surface area contributed by atoms with Gasteiger partial charge in [-0.3, -0.25) is 4.79 Å². The van der Waals surface area contributed by atoms with Gasteiger partial charge in [-0.15, -0.1) is 0 Å². The summed E-state index contributed by atoms with van der Waals surface area (Å²) >= 11 is 0. The maximum atomic E-state index is 12.9. The van der Waals surface area contributed by atoms with Crippen molar-refractivity contribution in [2.75, 3.05) is 23.3 Å². The first-order valence-corrected chi connectivity index (χ1v) is 7.63. The van der Waals surface area contributed by atoms with Crippen LogP contribution in [0.1, 0.15) is 31.7 Å². The molecule has 1 aliphatic carbocycles. The highest BCUT2D eigenvalue weighted by Crippen LogP contribution is 2.41. The van der Waals surface area contributed by atoms with Gasteiger partial charge in [-0.05, 0) is 43.4 Å². The third kappa shape index (κ3) is 3.05. The van der Waals surface area contributed by atoms with Crippen molar-refractivity contribution in [1.82, 2.24) is 0 Å². The van der Waals surface area contributed by atoms with Crippen LogP contribution >= 0.6 is 0 Å². The summed E-state index contributed by atoms with van der Waals surface area (Å²) in [7, 11) is 0. The molecule has 1 amide bonds. The molecular formula is C16H19F3N2O. The van der Waals surface area contributed by atoms with Gasteiger partial charge < -0.3 is 10.2 Å². The Hall–Kier alpha value is -1.72. The first-order valence-electron chi connectivity index (χ1n) is 7.63. The summed E-state index contributed by atoms with van der Waals surface area (Å²) in [4.78, 5) is 14.1. The Labute approximate surface area is 127 Å². The third-order valence-electron chi connectivity index (χ3n) is 4.47. The van der Waals surface area contributed by atoms with Crippen LogP contribution in [-0.2, 0) is 11.0 Å². The molecule has 1 N–H and O–H groups in total. The summed E-state index contributed by atoms with van der Waals surface area (Å²) in [5, 5.41) is 2.71. The lowest BCUT2D eigenvalue weighted by molar-refractivity contribution is -0.137. The molecule has 120 valence electrons. The van der Waals surface area contributed by atoms with Crippen molar-refractivity contribution in [3.8, 4) is 0 Å². The van der Waals surface area contributed by atoms with Crippen LogP contribution in [0.4, 0.5) is 24.5 Å². The molecule has 6 heteroatoms. The molecule has 0 unspecified atom stereocenters. The molecule has 3 rings (SSSR count). The molecule has 0 aromatic heterocycles. The van der Waals surface area contributed by atoms with Crippen molar-refractivity contribution in [2.24, 2.45) is 11.8 Å². The van der Waals surface area contributed by atoms with Crippen LogP contribution < -0.4 is 10.2 Å². The Morgan fingerprint density at radius 3 is 2.45 bits per heavy atom. The van der Waals surface area contributed by atoms with Gasteiger partial charge in [0.15, 0.2) is 0 Å². The van der Waals surface area contributed by atoms with Crippen LogP contribution in [0.25, 0.3) is 0 Å². The largest absolute Gasteiger partial charge is 0.416 e. The van der Waals surface area contributed by atoms with Gasteiger partial charge in [-0.25, -0.2) is 0 Å². The number of alkyl halides is 3. The second kappa shape index (κ2) is 5.48. The van der Waals surface area contributed by atoms with Crippen LogP contribution in [0.3, 0.4) is 0 Å². The van der Waals surface area contributed by atoms with Gasteiger partial charge in [0.2, 0.25) is 5.91 Å². The molecule has 2 aliphatic rings. The van der Waals surface area contributed by atoms with E-state index >= 15 is 0 Å². The molecular weight excluding hydrogens is 293 g/mol. The predicted molar refractivity (Wildman–Crippen MR) is 78.8 cm³/mol. The van der Waals surface area contributed by atoms with Crippen molar-refractivity contribution in [2.45, 2.75) is 32.4 Å². The third-order valence-corrected chi connectivity index (χ3v) is 4.47. The minimum Gasteiger partial charge on any atom is -0.370 e. The first kappa shape index (κ1) is 15.2. The SMILES string of the molecule is C[C@H]1C[C@H]1C(=O)Nc1cc(C(F)(F)F)ccc1N1CCCC1. The Bertz CT molecular complexity index is 579. The fraction of sp³-hybridized carbons (Fsp3) is 0.562. The monoisotopic (exact) mass is 312 g/mol. The van der Waals surface area contributed by atoms with Crippen LogP contribution in [0.15, 0.2) is 18.2 Å². The summed E-state index contributed by atoms with van der Waals surface area (Å²) in [6.45, 7) is 3.60. The molecule has 3 nitrogen and oxygen atoms in total. The standard InChI is InChI=1S/C16H19F3N2O/c1-10-8-12(10)15(22)20-13-9-11(16(17,18)19)4-5-14(13)21-6-2-3-7-21/h4-5,9-10,12H,2-3,6-8H2,1H3,(H,20,22)/t10-,12+/m0/s1. The first-order chi connectivity index (χ1) is 10.4. The molecule has 2 fully saturated rings. The normalized spacial score (nSPS) is 24.5. The minimum absolute atomic E-state index is 0.0685. The second-order valence-electron chi connectivity index (χ2n) is 6.23. The average molecular weight is 312 g/mol. The Kier molecular flexibility index (Phi) is 3.78. The fourth-order valence-corrected chi connectivity index (χ4v) is 2.96. The van der Waals surface area contributed by atoms with Gasteiger partial charge in [0, 0.05) is 19.0 Å². The van der Waals surface area contributed by atoms with Crippen molar-refractivity contribution < 1.29 is 18.0 Å². The van der Waals surface area contributed by atoms with Gasteiger partial charge in [0.1, 0.15) is 0 Å². The van der Waals surface area contributed by atoms with Crippen LogP contribution in [0.2, 0.25) is 0 Å². The van der Waals surface area contributed by atoms with E-state index in [9.17, 15) is 18.0 Å². The van der Waals surface area contributed by atoms with Gasteiger partial charge in [0.25, 0.3) is 0 Å². The quantitative estimate of drug-likeness (QED) is 0.918. The fourth-order valence-electron chi connectivity index (χ4n) is 2.96. The van der Waals surface area contributed by atoms with E-state index < -0.39 is 11.7 Å². The molecule has 0 spiro atoms. The summed E-state index contributed by atoms with van der Waals surface area (Å²) in [5.74, 6) is 0.0780. The number of nitrogens with one attached hydrogen (secondary N) is 1. The molecule has 1 saturated carbocycles. The number of hydrogen-bond acceptors (Lipinski definition) is 2. The number of amides is 1. The van der Waals surface area contributed by atoms with E-state index in [1.54, 1.807) is 0 Å². The molecule has 1 aliphatic heterocycles. The summed E-state index contributed by atoms with van der Waals surface area (Å²) in [6, 6.07) is 3.61. The lowest BCUT2D eigenvalue weighted by Crippen LogP contribution is -2.22. The second-order valence-corrected chi connectivity index (χ2v) is 6.23. The molecule has 22 heavy (non-hydrogen) atoms. The number of carbonyl (C=O) groups is 1. The smallest absolute Gasteiger partial charge is 0.370 e. The van der Waals surface area contributed by atoms with Crippen molar-refractivity contribution in [3.05, 3.63) is 23.8 Å². The van der Waals surface area contributed by atoms with Crippen LogP contribution in [-0.4, -0.2) is 19.0 Å². The zero-order valence-electron chi connectivity index (χ0n) is 12.4. The molecule has 0 radical (unpaired) electrons. The minimum atomic E-state index is -4.41. The van der Waals surface area contributed by atoms with E-state index in [2.05, 4.69) is 5.32 Å². The molecule has 1 aromatic rings. The van der Waals surface area contributed by atoms with E-state index in [1.807, 2.05) is 11.8 Å². The molecule has 1 heterocycles. The highest BCUT2D eigenvalue weighted by Gasteiger charge is 2.39. The van der Waals surface area contributed by atoms with Gasteiger partial charge in [-0.1, -0.05) is 6.92 Å². The summed E-state index contributed by atoms with van der Waals surface area (Å²) in [6.07, 6.45) is -1.55. The van der Waals surface area contributed by atoms with Gasteiger partial charge in [-0.2, -0.15) is 13.2 Å². The molecule has 2 atom stereocenters. The number of carbonyl (C=O) groups excluding carboxylic acids is 1. The Morgan fingerprint density at radius 1 is 1.27 bits per heavy atom. The highest BCUT2D eigenvalue weighted by atomic mass is 19.4. The van der Waals surface area contributed by atoms with E-state index in [0.717, 1.165) is 44.5 Å². The van der Waals surface area contributed by atoms with E-state index in [4.69, 9.17) is 0 Å². The van der Waals surface area contributed by atoms with E-state index in [1.165, 1.54) is 6.07 Å². The topological polar surface area (TPSA) is 32.3 Å². The van der Waals surface area contributed by atoms with Crippen molar-refractivity contribution in [3.63, 3.8) is 0 Å². The summed E-state index contributed by atoms with van der Waals surface area (Å²) in [5.41, 5.74) is 0.238.